The van der Waals surface area contributed by atoms with Crippen molar-refractivity contribution in [2.75, 3.05) is 20.1 Å². The van der Waals surface area contributed by atoms with Gasteiger partial charge in [0.25, 0.3) is 0 Å². The van der Waals surface area contributed by atoms with Gasteiger partial charge in [-0.25, -0.2) is 0 Å². The molecule has 3 N–H and O–H groups in total. The van der Waals surface area contributed by atoms with Crippen LogP contribution in [0.2, 0.25) is 0 Å². The van der Waals surface area contributed by atoms with E-state index in [2.05, 4.69) is 0 Å². The number of aliphatic hydroxyl groups excluding tert-OH is 3. The second kappa shape index (κ2) is 3.49. The SMILES string of the molecule is CN1C[C@@H](O)C[C@@H](O)[C@H](O)C1. The lowest BCUT2D eigenvalue weighted by atomic mass is 10.1. The number of nitrogens with zero attached hydrogens (tertiary/aromatic N) is 1. The average Bonchev–Trinajstić information content (AvgIpc) is 1.93. The summed E-state index contributed by atoms with van der Waals surface area (Å²) in [6.07, 6.45) is -1.76. The van der Waals surface area contributed by atoms with Gasteiger partial charge in [0.1, 0.15) is 0 Å². The molecule has 0 aromatic carbocycles. The fourth-order valence-corrected chi connectivity index (χ4v) is 1.39. The van der Waals surface area contributed by atoms with Gasteiger partial charge in [0.05, 0.1) is 18.3 Å². The van der Waals surface area contributed by atoms with Crippen molar-refractivity contribution < 1.29 is 15.3 Å². The van der Waals surface area contributed by atoms with Crippen molar-refractivity contribution in [2.24, 2.45) is 0 Å². The Morgan fingerprint density at radius 2 is 1.73 bits per heavy atom. The number of aliphatic hydroxyl groups is 3. The topological polar surface area (TPSA) is 63.9 Å². The number of rotatable bonds is 0. The lowest BCUT2D eigenvalue weighted by molar-refractivity contribution is 0.00191. The summed E-state index contributed by atoms with van der Waals surface area (Å²) >= 11 is 0. The highest BCUT2D eigenvalue weighted by Crippen LogP contribution is 2.10. The van der Waals surface area contributed by atoms with Crippen molar-refractivity contribution in [1.82, 2.24) is 4.90 Å². The first-order valence-corrected chi connectivity index (χ1v) is 3.82. The minimum absolute atomic E-state index is 0.269. The third-order valence-electron chi connectivity index (χ3n) is 1.98. The standard InChI is InChI=1S/C7H15NO3/c1-8-3-5(9)2-6(10)7(11)4-8/h5-7,9-11H,2-4H2,1H3/t5-,6+,7+/m0/s1. The van der Waals surface area contributed by atoms with Gasteiger partial charge in [-0.1, -0.05) is 0 Å². The molecule has 3 atom stereocenters. The molecule has 4 nitrogen and oxygen atoms in total. The average molecular weight is 161 g/mol. The van der Waals surface area contributed by atoms with Crippen LogP contribution in [0.3, 0.4) is 0 Å². The summed E-state index contributed by atoms with van der Waals surface area (Å²) < 4.78 is 0. The molecule has 0 spiro atoms. The molecule has 11 heavy (non-hydrogen) atoms. The summed E-state index contributed by atoms with van der Waals surface area (Å²) in [5.41, 5.74) is 0. The van der Waals surface area contributed by atoms with E-state index in [1.807, 2.05) is 11.9 Å². The normalized spacial score (nSPS) is 42.0. The third kappa shape index (κ3) is 2.41. The van der Waals surface area contributed by atoms with Crippen LogP contribution >= 0.6 is 0 Å². The first-order chi connectivity index (χ1) is 5.09. The zero-order valence-electron chi connectivity index (χ0n) is 6.64. The highest BCUT2D eigenvalue weighted by Gasteiger charge is 2.26. The summed E-state index contributed by atoms with van der Waals surface area (Å²) in [4.78, 5) is 1.81. The van der Waals surface area contributed by atoms with Gasteiger partial charge in [0.2, 0.25) is 0 Å². The molecule has 66 valence electrons. The van der Waals surface area contributed by atoms with E-state index in [1.54, 1.807) is 0 Å². The highest BCUT2D eigenvalue weighted by atomic mass is 16.3. The number of likely N-dealkylation sites (N-methyl/N-ethyl adjacent to an activating group) is 1. The van der Waals surface area contributed by atoms with Crippen molar-refractivity contribution in [3.63, 3.8) is 0 Å². The lowest BCUT2D eigenvalue weighted by Crippen LogP contribution is -2.33. The Balaban J connectivity index is 2.51. The summed E-state index contributed by atoms with van der Waals surface area (Å²) in [5.74, 6) is 0. The molecule has 4 heteroatoms. The minimum atomic E-state index is -0.782. The summed E-state index contributed by atoms with van der Waals surface area (Å²) in [5, 5.41) is 27.7. The van der Waals surface area contributed by atoms with Crippen LogP contribution in [0, 0.1) is 0 Å². The Labute approximate surface area is 66.1 Å². The van der Waals surface area contributed by atoms with Gasteiger partial charge in [-0.3, -0.25) is 0 Å². The molecule has 0 bridgehead atoms. The molecule has 1 heterocycles. The van der Waals surface area contributed by atoms with Crippen LogP contribution in [0.1, 0.15) is 6.42 Å². The first-order valence-electron chi connectivity index (χ1n) is 3.82. The fourth-order valence-electron chi connectivity index (χ4n) is 1.39. The molecule has 1 aliphatic heterocycles. The maximum atomic E-state index is 9.24. The summed E-state index contributed by atoms with van der Waals surface area (Å²) in [6, 6.07) is 0. The summed E-state index contributed by atoms with van der Waals surface area (Å²) in [6.45, 7) is 0.951. The Morgan fingerprint density at radius 1 is 1.09 bits per heavy atom. The molecule has 0 saturated carbocycles. The first kappa shape index (κ1) is 8.93. The Morgan fingerprint density at radius 3 is 2.36 bits per heavy atom. The van der Waals surface area contributed by atoms with Crippen molar-refractivity contribution in [3.8, 4) is 0 Å². The Hall–Kier alpha value is -0.160. The van der Waals surface area contributed by atoms with E-state index in [0.29, 0.717) is 13.1 Å². The van der Waals surface area contributed by atoms with Crippen LogP contribution in [0.15, 0.2) is 0 Å². The van der Waals surface area contributed by atoms with Crippen LogP contribution in [-0.2, 0) is 0 Å². The van der Waals surface area contributed by atoms with E-state index < -0.39 is 18.3 Å². The van der Waals surface area contributed by atoms with Gasteiger partial charge in [-0.2, -0.15) is 0 Å². The monoisotopic (exact) mass is 161 g/mol. The largest absolute Gasteiger partial charge is 0.392 e. The van der Waals surface area contributed by atoms with Crippen LogP contribution < -0.4 is 0 Å². The van der Waals surface area contributed by atoms with Crippen molar-refractivity contribution >= 4 is 0 Å². The number of hydrogen-bond donors (Lipinski definition) is 3. The van der Waals surface area contributed by atoms with Gasteiger partial charge >= 0.3 is 0 Å². The lowest BCUT2D eigenvalue weighted by Gasteiger charge is -2.17. The Bertz CT molecular complexity index is 117. The maximum Gasteiger partial charge on any atom is 0.0926 e. The van der Waals surface area contributed by atoms with E-state index in [0.717, 1.165) is 0 Å². The van der Waals surface area contributed by atoms with E-state index in [4.69, 9.17) is 0 Å². The molecule has 1 aliphatic rings. The molecule has 0 aromatic heterocycles. The zero-order valence-corrected chi connectivity index (χ0v) is 6.64. The predicted octanol–water partition coefficient (Wildman–Crippen LogP) is -1.60. The molecule has 0 aliphatic carbocycles. The van der Waals surface area contributed by atoms with Crippen LogP contribution in [0.5, 0.6) is 0 Å². The van der Waals surface area contributed by atoms with Crippen molar-refractivity contribution in [3.05, 3.63) is 0 Å². The fraction of sp³-hybridized carbons (Fsp3) is 1.00. The molecule has 1 rings (SSSR count). The van der Waals surface area contributed by atoms with Crippen molar-refractivity contribution in [1.29, 1.82) is 0 Å². The number of likely N-dealkylation sites (tertiary alicyclic amines) is 1. The summed E-state index contributed by atoms with van der Waals surface area (Å²) in [7, 11) is 1.81. The molecule has 0 amide bonds. The third-order valence-corrected chi connectivity index (χ3v) is 1.98. The molecular weight excluding hydrogens is 146 g/mol. The molecular formula is C7H15NO3. The van der Waals surface area contributed by atoms with Gasteiger partial charge in [-0.15, -0.1) is 0 Å². The highest BCUT2D eigenvalue weighted by molar-refractivity contribution is 4.79. The van der Waals surface area contributed by atoms with Crippen LogP contribution in [0.4, 0.5) is 0 Å². The van der Waals surface area contributed by atoms with E-state index in [1.165, 1.54) is 0 Å². The van der Waals surface area contributed by atoms with Gasteiger partial charge < -0.3 is 20.2 Å². The zero-order chi connectivity index (χ0) is 8.43. The van der Waals surface area contributed by atoms with Gasteiger partial charge in [0, 0.05) is 19.5 Å². The van der Waals surface area contributed by atoms with Crippen molar-refractivity contribution in [2.45, 2.75) is 24.7 Å². The van der Waals surface area contributed by atoms with E-state index in [9.17, 15) is 15.3 Å². The molecule has 1 saturated heterocycles. The maximum absolute atomic E-state index is 9.24. The smallest absolute Gasteiger partial charge is 0.0926 e. The van der Waals surface area contributed by atoms with Crippen LogP contribution in [0.25, 0.3) is 0 Å². The molecule has 0 unspecified atom stereocenters. The molecule has 0 aromatic rings. The van der Waals surface area contributed by atoms with Gasteiger partial charge in [0.15, 0.2) is 0 Å². The molecule has 1 fully saturated rings. The van der Waals surface area contributed by atoms with Crippen LogP contribution in [-0.4, -0.2) is 58.7 Å². The number of hydrogen-bond acceptors (Lipinski definition) is 4. The van der Waals surface area contributed by atoms with Gasteiger partial charge in [-0.05, 0) is 7.05 Å². The Kier molecular flexibility index (Phi) is 2.84. The van der Waals surface area contributed by atoms with E-state index >= 15 is 0 Å². The van der Waals surface area contributed by atoms with E-state index in [-0.39, 0.29) is 6.42 Å². The quantitative estimate of drug-likeness (QED) is 0.400. The minimum Gasteiger partial charge on any atom is -0.392 e. The predicted molar refractivity (Wildman–Crippen MR) is 40.1 cm³/mol. The number of β-amino-alcohol motifs (C(OH)–C–C–N with tert-alkyl or cyclic N) is 2. The second-order valence-corrected chi connectivity index (χ2v) is 3.25. The molecule has 0 radical (unpaired) electrons. The second-order valence-electron chi connectivity index (χ2n) is 3.25.